The average Bonchev–Trinajstić information content (AvgIpc) is 3.33. The van der Waals surface area contributed by atoms with E-state index in [0.29, 0.717) is 13.1 Å². The molecular weight excluding hydrogens is 389 g/mol. The highest BCUT2D eigenvalue weighted by atomic mass is 32.1. The molecule has 1 aromatic carbocycles. The van der Waals surface area contributed by atoms with Gasteiger partial charge in [-0.2, -0.15) is 0 Å². The van der Waals surface area contributed by atoms with Crippen LogP contribution in [-0.4, -0.2) is 48.1 Å². The van der Waals surface area contributed by atoms with Crippen molar-refractivity contribution in [3.05, 3.63) is 51.9 Å². The first-order valence-corrected chi connectivity index (χ1v) is 10.6. The molecule has 8 heteroatoms. The SMILES string of the molecule is CCNC(=NCCc1c[nH]c2ccc(F)cc12)N(C)Cc1csc(C(C)OC)n1. The minimum absolute atomic E-state index is 0.00182. The fourth-order valence-electron chi connectivity index (χ4n) is 3.11. The molecule has 1 unspecified atom stereocenters. The van der Waals surface area contributed by atoms with Gasteiger partial charge in [-0.3, -0.25) is 4.99 Å². The van der Waals surface area contributed by atoms with Crippen LogP contribution in [0.2, 0.25) is 0 Å². The van der Waals surface area contributed by atoms with Gasteiger partial charge in [0.1, 0.15) is 16.9 Å². The van der Waals surface area contributed by atoms with E-state index in [4.69, 9.17) is 9.73 Å². The largest absolute Gasteiger partial charge is 0.375 e. The molecule has 0 aliphatic heterocycles. The number of guanidine groups is 1. The van der Waals surface area contributed by atoms with E-state index < -0.39 is 0 Å². The van der Waals surface area contributed by atoms with Crippen molar-refractivity contribution >= 4 is 28.2 Å². The third-order valence-corrected chi connectivity index (χ3v) is 5.79. The summed E-state index contributed by atoms with van der Waals surface area (Å²) in [7, 11) is 3.69. The topological polar surface area (TPSA) is 65.5 Å². The highest BCUT2D eigenvalue weighted by Crippen LogP contribution is 2.21. The molecule has 0 aliphatic rings. The van der Waals surface area contributed by atoms with E-state index in [-0.39, 0.29) is 11.9 Å². The number of rotatable bonds is 8. The van der Waals surface area contributed by atoms with Gasteiger partial charge in [0.25, 0.3) is 0 Å². The Morgan fingerprint density at radius 1 is 1.45 bits per heavy atom. The van der Waals surface area contributed by atoms with Crippen LogP contribution >= 0.6 is 11.3 Å². The lowest BCUT2D eigenvalue weighted by atomic mass is 10.1. The Morgan fingerprint density at radius 2 is 2.28 bits per heavy atom. The molecule has 2 N–H and O–H groups in total. The van der Waals surface area contributed by atoms with Gasteiger partial charge in [-0.1, -0.05) is 0 Å². The molecule has 1 atom stereocenters. The molecule has 156 valence electrons. The number of hydrogen-bond donors (Lipinski definition) is 2. The lowest BCUT2D eigenvalue weighted by molar-refractivity contribution is 0.119. The number of thiazole rings is 1. The van der Waals surface area contributed by atoms with E-state index in [1.165, 1.54) is 6.07 Å². The van der Waals surface area contributed by atoms with Crippen LogP contribution in [-0.2, 0) is 17.7 Å². The lowest BCUT2D eigenvalue weighted by Gasteiger charge is -2.21. The van der Waals surface area contributed by atoms with Gasteiger partial charge in [0.05, 0.1) is 12.2 Å². The molecule has 0 saturated carbocycles. The smallest absolute Gasteiger partial charge is 0.194 e. The molecule has 2 aromatic heterocycles. The number of fused-ring (bicyclic) bond motifs is 1. The first-order chi connectivity index (χ1) is 14.0. The molecule has 0 saturated heterocycles. The van der Waals surface area contributed by atoms with E-state index in [1.54, 1.807) is 30.6 Å². The second-order valence-electron chi connectivity index (χ2n) is 6.90. The molecule has 0 radical (unpaired) electrons. The summed E-state index contributed by atoms with van der Waals surface area (Å²) in [5, 5.41) is 7.28. The zero-order chi connectivity index (χ0) is 20.8. The van der Waals surface area contributed by atoms with Gasteiger partial charge >= 0.3 is 0 Å². The van der Waals surface area contributed by atoms with Gasteiger partial charge in [0, 0.05) is 49.7 Å². The Morgan fingerprint density at radius 3 is 3.03 bits per heavy atom. The van der Waals surface area contributed by atoms with Crippen LogP contribution in [0.5, 0.6) is 0 Å². The van der Waals surface area contributed by atoms with Crippen molar-refractivity contribution in [2.45, 2.75) is 32.9 Å². The zero-order valence-corrected chi connectivity index (χ0v) is 18.1. The van der Waals surface area contributed by atoms with Crippen LogP contribution < -0.4 is 5.32 Å². The van der Waals surface area contributed by atoms with Crippen molar-refractivity contribution in [1.29, 1.82) is 0 Å². The summed E-state index contributed by atoms with van der Waals surface area (Å²) in [5.41, 5.74) is 3.01. The second kappa shape index (κ2) is 9.84. The molecule has 0 aliphatic carbocycles. The van der Waals surface area contributed by atoms with Crippen LogP contribution in [0.4, 0.5) is 4.39 Å². The van der Waals surface area contributed by atoms with E-state index in [0.717, 1.165) is 46.1 Å². The number of H-pyrrole nitrogens is 1. The van der Waals surface area contributed by atoms with Gasteiger partial charge in [-0.05, 0) is 44.0 Å². The number of aromatic nitrogens is 2. The van der Waals surface area contributed by atoms with Crippen LogP contribution in [0, 0.1) is 5.82 Å². The van der Waals surface area contributed by atoms with Crippen molar-refractivity contribution in [2.75, 3.05) is 27.2 Å². The number of nitrogens with one attached hydrogen (secondary N) is 2. The second-order valence-corrected chi connectivity index (χ2v) is 7.79. The number of halogens is 1. The molecule has 29 heavy (non-hydrogen) atoms. The maximum Gasteiger partial charge on any atom is 0.194 e. The number of ether oxygens (including phenoxy) is 1. The Balaban J connectivity index is 1.65. The minimum atomic E-state index is -0.222. The summed E-state index contributed by atoms with van der Waals surface area (Å²) < 4.78 is 18.9. The van der Waals surface area contributed by atoms with Crippen molar-refractivity contribution in [3.63, 3.8) is 0 Å². The minimum Gasteiger partial charge on any atom is -0.375 e. The number of methoxy groups -OCH3 is 1. The first kappa shape index (κ1) is 21.3. The number of aliphatic imine (C=N–C) groups is 1. The monoisotopic (exact) mass is 417 g/mol. The lowest BCUT2D eigenvalue weighted by Crippen LogP contribution is -2.38. The Labute approximate surface area is 174 Å². The number of nitrogens with zero attached hydrogens (tertiary/aromatic N) is 3. The summed E-state index contributed by atoms with van der Waals surface area (Å²) in [6.07, 6.45) is 2.67. The summed E-state index contributed by atoms with van der Waals surface area (Å²) >= 11 is 1.61. The molecule has 0 amide bonds. The molecular formula is C21H28FN5OS. The standard InChI is InChI=1S/C21H28FN5OS/c1-5-23-21(27(3)12-17-13-29-20(26-17)14(2)28-4)24-9-8-15-11-25-19-7-6-16(22)10-18(15)19/h6-7,10-11,13-14,25H,5,8-9,12H2,1-4H3,(H,23,24). The summed E-state index contributed by atoms with van der Waals surface area (Å²) in [6.45, 7) is 6.10. The quantitative estimate of drug-likeness (QED) is 0.428. The summed E-state index contributed by atoms with van der Waals surface area (Å²) in [4.78, 5) is 14.7. The van der Waals surface area contributed by atoms with E-state index >= 15 is 0 Å². The van der Waals surface area contributed by atoms with Crippen molar-refractivity contribution in [2.24, 2.45) is 4.99 Å². The first-order valence-electron chi connectivity index (χ1n) is 9.73. The van der Waals surface area contributed by atoms with Crippen LogP contribution in [0.1, 0.15) is 36.2 Å². The normalized spacial score (nSPS) is 13.1. The summed E-state index contributed by atoms with van der Waals surface area (Å²) in [6, 6.07) is 4.81. The van der Waals surface area contributed by atoms with Crippen LogP contribution in [0.3, 0.4) is 0 Å². The molecule has 3 rings (SSSR count). The number of hydrogen-bond acceptors (Lipinski definition) is 4. The molecule has 0 spiro atoms. The predicted octanol–water partition coefficient (Wildman–Crippen LogP) is 4.11. The fraction of sp³-hybridized carbons (Fsp3) is 0.429. The highest BCUT2D eigenvalue weighted by molar-refractivity contribution is 7.09. The third-order valence-electron chi connectivity index (χ3n) is 4.74. The van der Waals surface area contributed by atoms with E-state index in [1.807, 2.05) is 27.1 Å². The van der Waals surface area contributed by atoms with Gasteiger partial charge in [0.2, 0.25) is 0 Å². The number of benzene rings is 1. The highest BCUT2D eigenvalue weighted by Gasteiger charge is 2.13. The van der Waals surface area contributed by atoms with Gasteiger partial charge in [0.15, 0.2) is 5.96 Å². The maximum atomic E-state index is 13.6. The van der Waals surface area contributed by atoms with E-state index in [2.05, 4.69) is 25.6 Å². The van der Waals surface area contributed by atoms with Gasteiger partial charge in [-0.15, -0.1) is 11.3 Å². The number of aromatic amines is 1. The Bertz CT molecular complexity index is 967. The molecule has 0 fully saturated rings. The van der Waals surface area contributed by atoms with Gasteiger partial charge in [-0.25, -0.2) is 9.37 Å². The average molecular weight is 418 g/mol. The van der Waals surface area contributed by atoms with Crippen molar-refractivity contribution in [3.8, 4) is 0 Å². The van der Waals surface area contributed by atoms with Gasteiger partial charge < -0.3 is 19.9 Å². The van der Waals surface area contributed by atoms with Crippen LogP contribution in [0.25, 0.3) is 10.9 Å². The maximum absolute atomic E-state index is 13.6. The summed E-state index contributed by atoms with van der Waals surface area (Å²) in [5.74, 6) is 0.605. The molecule has 6 nitrogen and oxygen atoms in total. The molecule has 0 bridgehead atoms. The Kier molecular flexibility index (Phi) is 7.22. The van der Waals surface area contributed by atoms with Crippen LogP contribution in [0.15, 0.2) is 34.8 Å². The fourth-order valence-corrected chi connectivity index (χ4v) is 3.95. The molecule has 3 aromatic rings. The van der Waals surface area contributed by atoms with E-state index in [9.17, 15) is 4.39 Å². The van der Waals surface area contributed by atoms with Crippen molar-refractivity contribution < 1.29 is 9.13 Å². The zero-order valence-electron chi connectivity index (χ0n) is 17.3. The molecule has 2 heterocycles. The third kappa shape index (κ3) is 5.33. The Hall–Kier alpha value is -2.45. The van der Waals surface area contributed by atoms with Crippen molar-refractivity contribution in [1.82, 2.24) is 20.2 Å². The predicted molar refractivity (Wildman–Crippen MR) is 117 cm³/mol.